The van der Waals surface area contributed by atoms with Crippen LogP contribution in [-0.2, 0) is 10.2 Å². The van der Waals surface area contributed by atoms with Gasteiger partial charge in [-0.2, -0.15) is 0 Å². The molecular weight excluding hydrogens is 350 g/mol. The number of carbonyl (C=O) groups is 1. The summed E-state index contributed by atoms with van der Waals surface area (Å²) in [5, 5.41) is 5.04. The highest BCUT2D eigenvalue weighted by Gasteiger charge is 2.18. The summed E-state index contributed by atoms with van der Waals surface area (Å²) in [6, 6.07) is 21.9. The molecule has 3 aromatic carbocycles. The molecule has 4 heteroatoms. The van der Waals surface area contributed by atoms with Crippen LogP contribution in [0, 0.1) is 0 Å². The number of ether oxygens (including phenoxy) is 2. The molecule has 0 saturated carbocycles. The number of fused-ring (bicyclic) bond motifs is 1. The van der Waals surface area contributed by atoms with E-state index in [-0.39, 0.29) is 17.9 Å². The lowest BCUT2D eigenvalue weighted by atomic mass is 9.86. The van der Waals surface area contributed by atoms with Crippen molar-refractivity contribution in [1.82, 2.24) is 5.32 Å². The molecule has 28 heavy (non-hydrogen) atoms. The molecule has 0 heterocycles. The van der Waals surface area contributed by atoms with Gasteiger partial charge in [0, 0.05) is 5.39 Å². The van der Waals surface area contributed by atoms with Gasteiger partial charge in [0.05, 0.1) is 6.54 Å². The van der Waals surface area contributed by atoms with Gasteiger partial charge in [-0.1, -0.05) is 75.4 Å². The Hall–Kier alpha value is -3.01. The minimum atomic E-state index is -0.162. The summed E-state index contributed by atoms with van der Waals surface area (Å²) in [6.45, 7) is 7.19. The first kappa shape index (κ1) is 19.7. The standard InChI is InChI=1S/C24H27NO3/c1-24(2,3)20-12-6-7-13-22(20)28-17-23(26)25-15-16-27-21-14-8-10-18-9-4-5-11-19(18)21/h4-14H,15-17H2,1-3H3,(H,25,26). The molecule has 0 unspecified atom stereocenters. The fourth-order valence-electron chi connectivity index (χ4n) is 3.08. The number of nitrogens with one attached hydrogen (secondary N) is 1. The topological polar surface area (TPSA) is 47.6 Å². The van der Waals surface area contributed by atoms with Gasteiger partial charge in [0.2, 0.25) is 0 Å². The average molecular weight is 377 g/mol. The van der Waals surface area contributed by atoms with Gasteiger partial charge in [0.15, 0.2) is 6.61 Å². The third-order valence-electron chi connectivity index (χ3n) is 4.49. The molecular formula is C24H27NO3. The number of amides is 1. The maximum atomic E-state index is 12.1. The van der Waals surface area contributed by atoms with E-state index in [4.69, 9.17) is 9.47 Å². The van der Waals surface area contributed by atoms with Gasteiger partial charge in [-0.15, -0.1) is 0 Å². The smallest absolute Gasteiger partial charge is 0.258 e. The van der Waals surface area contributed by atoms with Crippen molar-refractivity contribution >= 4 is 16.7 Å². The molecule has 0 atom stereocenters. The van der Waals surface area contributed by atoms with Crippen LogP contribution in [0.1, 0.15) is 26.3 Å². The molecule has 146 valence electrons. The number of para-hydroxylation sites is 1. The van der Waals surface area contributed by atoms with E-state index < -0.39 is 0 Å². The maximum absolute atomic E-state index is 12.1. The van der Waals surface area contributed by atoms with Gasteiger partial charge in [-0.3, -0.25) is 4.79 Å². The number of benzene rings is 3. The Kier molecular flexibility index (Phi) is 6.19. The normalized spacial score (nSPS) is 11.2. The molecule has 1 N–H and O–H groups in total. The SMILES string of the molecule is CC(C)(C)c1ccccc1OCC(=O)NCCOc1cccc2ccccc12. The fourth-order valence-corrected chi connectivity index (χ4v) is 3.08. The summed E-state index contributed by atoms with van der Waals surface area (Å²) in [5.74, 6) is 1.41. The van der Waals surface area contributed by atoms with Crippen LogP contribution >= 0.6 is 0 Å². The Morgan fingerprint density at radius 2 is 1.54 bits per heavy atom. The van der Waals surface area contributed by atoms with E-state index in [2.05, 4.69) is 38.2 Å². The van der Waals surface area contributed by atoms with Gasteiger partial charge in [-0.05, 0) is 28.5 Å². The molecule has 0 saturated heterocycles. The number of hydrogen-bond donors (Lipinski definition) is 1. The highest BCUT2D eigenvalue weighted by Crippen LogP contribution is 2.30. The molecule has 0 bridgehead atoms. The van der Waals surface area contributed by atoms with Crippen LogP contribution in [0.15, 0.2) is 66.7 Å². The second-order valence-corrected chi connectivity index (χ2v) is 7.71. The van der Waals surface area contributed by atoms with Crippen LogP contribution < -0.4 is 14.8 Å². The highest BCUT2D eigenvalue weighted by atomic mass is 16.5. The van der Waals surface area contributed by atoms with Crippen LogP contribution in [0.3, 0.4) is 0 Å². The molecule has 0 radical (unpaired) electrons. The Morgan fingerprint density at radius 3 is 2.36 bits per heavy atom. The molecule has 0 aliphatic rings. The van der Waals surface area contributed by atoms with Crippen molar-refractivity contribution in [3.05, 3.63) is 72.3 Å². The van der Waals surface area contributed by atoms with Gasteiger partial charge in [0.25, 0.3) is 5.91 Å². The molecule has 0 aromatic heterocycles. The Balaban J connectivity index is 1.47. The number of hydrogen-bond acceptors (Lipinski definition) is 3. The average Bonchev–Trinajstić information content (AvgIpc) is 2.69. The van der Waals surface area contributed by atoms with E-state index in [1.807, 2.05) is 54.6 Å². The second kappa shape index (κ2) is 8.79. The Morgan fingerprint density at radius 1 is 0.857 bits per heavy atom. The van der Waals surface area contributed by atoms with Gasteiger partial charge < -0.3 is 14.8 Å². The summed E-state index contributed by atoms with van der Waals surface area (Å²) in [6.07, 6.45) is 0. The lowest BCUT2D eigenvalue weighted by Crippen LogP contribution is -2.32. The van der Waals surface area contributed by atoms with Crippen molar-refractivity contribution in [3.63, 3.8) is 0 Å². The van der Waals surface area contributed by atoms with Crippen molar-refractivity contribution in [1.29, 1.82) is 0 Å². The maximum Gasteiger partial charge on any atom is 0.258 e. The molecule has 0 fully saturated rings. The predicted octanol–water partition coefficient (Wildman–Crippen LogP) is 4.71. The van der Waals surface area contributed by atoms with Crippen LogP contribution in [0.4, 0.5) is 0 Å². The first-order chi connectivity index (χ1) is 13.4. The van der Waals surface area contributed by atoms with E-state index in [9.17, 15) is 4.79 Å². The van der Waals surface area contributed by atoms with Crippen LogP contribution in [0.25, 0.3) is 10.8 Å². The van der Waals surface area contributed by atoms with E-state index in [1.54, 1.807) is 0 Å². The summed E-state index contributed by atoms with van der Waals surface area (Å²) >= 11 is 0. The molecule has 3 aromatic rings. The third-order valence-corrected chi connectivity index (χ3v) is 4.49. The summed E-state index contributed by atoms with van der Waals surface area (Å²) < 4.78 is 11.6. The van der Waals surface area contributed by atoms with Crippen LogP contribution in [0.5, 0.6) is 11.5 Å². The van der Waals surface area contributed by atoms with Gasteiger partial charge in [-0.25, -0.2) is 0 Å². The van der Waals surface area contributed by atoms with Crippen LogP contribution in [0.2, 0.25) is 0 Å². The summed E-state index contributed by atoms with van der Waals surface area (Å²) in [5.41, 5.74) is 1.04. The van der Waals surface area contributed by atoms with Crippen molar-refractivity contribution in [3.8, 4) is 11.5 Å². The predicted molar refractivity (Wildman–Crippen MR) is 113 cm³/mol. The van der Waals surface area contributed by atoms with Crippen molar-refractivity contribution < 1.29 is 14.3 Å². The first-order valence-corrected chi connectivity index (χ1v) is 9.55. The van der Waals surface area contributed by atoms with Gasteiger partial charge in [0.1, 0.15) is 18.1 Å². The molecule has 0 aliphatic carbocycles. The Bertz CT molecular complexity index is 938. The largest absolute Gasteiger partial charge is 0.491 e. The second-order valence-electron chi connectivity index (χ2n) is 7.71. The first-order valence-electron chi connectivity index (χ1n) is 9.55. The van der Waals surface area contributed by atoms with Crippen LogP contribution in [-0.4, -0.2) is 25.7 Å². The van der Waals surface area contributed by atoms with E-state index in [1.165, 1.54) is 0 Å². The number of carbonyl (C=O) groups excluding carboxylic acids is 1. The van der Waals surface area contributed by atoms with Gasteiger partial charge >= 0.3 is 0 Å². The minimum absolute atomic E-state index is 0.0125. The van der Waals surface area contributed by atoms with Crippen molar-refractivity contribution in [2.75, 3.05) is 19.8 Å². The molecule has 0 aliphatic heterocycles. The summed E-state index contributed by atoms with van der Waals surface area (Å²) in [7, 11) is 0. The van der Waals surface area contributed by atoms with Crippen molar-refractivity contribution in [2.45, 2.75) is 26.2 Å². The molecule has 0 spiro atoms. The zero-order valence-electron chi connectivity index (χ0n) is 16.7. The molecule has 1 amide bonds. The van der Waals surface area contributed by atoms with Crippen molar-refractivity contribution in [2.24, 2.45) is 0 Å². The van der Waals surface area contributed by atoms with E-state index in [0.717, 1.165) is 27.8 Å². The lowest BCUT2D eigenvalue weighted by Gasteiger charge is -2.22. The monoisotopic (exact) mass is 377 g/mol. The van der Waals surface area contributed by atoms with E-state index in [0.29, 0.717) is 13.2 Å². The Labute approximate surface area is 166 Å². The minimum Gasteiger partial charge on any atom is -0.491 e. The van der Waals surface area contributed by atoms with E-state index >= 15 is 0 Å². The lowest BCUT2D eigenvalue weighted by molar-refractivity contribution is -0.123. The zero-order valence-corrected chi connectivity index (χ0v) is 16.7. The third kappa shape index (κ3) is 5.03. The molecule has 3 rings (SSSR count). The zero-order chi connectivity index (χ0) is 20.0. The fraction of sp³-hybridized carbons (Fsp3) is 0.292. The molecule has 4 nitrogen and oxygen atoms in total. The quantitative estimate of drug-likeness (QED) is 0.607. The highest BCUT2D eigenvalue weighted by molar-refractivity contribution is 5.88. The number of rotatable bonds is 7. The summed E-state index contributed by atoms with van der Waals surface area (Å²) in [4.78, 5) is 12.1.